The maximum atomic E-state index is 12.8. The number of amides is 1. The molecule has 0 bridgehead atoms. The highest BCUT2D eigenvalue weighted by atomic mass is 32.2. The van der Waals surface area contributed by atoms with E-state index in [1.54, 1.807) is 19.1 Å². The van der Waals surface area contributed by atoms with Gasteiger partial charge in [0, 0.05) is 5.56 Å². The number of hydrogen-bond acceptors (Lipinski definition) is 6. The standard InChI is InChI=1S/C20H22N4O3S2/c1-4-15-10-12-17(13-11-15)24(29(3,26)27)14(2)18(25)21-20-23-22-19(28-20)16-8-6-5-7-9-16/h5-14H,4H2,1-3H3,(H,21,23,25)/t14-/m1/s1. The van der Waals surface area contributed by atoms with Crippen molar-refractivity contribution in [2.45, 2.75) is 26.3 Å². The average Bonchev–Trinajstić information content (AvgIpc) is 3.16. The predicted molar refractivity (Wildman–Crippen MR) is 117 cm³/mol. The van der Waals surface area contributed by atoms with Gasteiger partial charge in [-0.05, 0) is 31.0 Å². The second-order valence-electron chi connectivity index (χ2n) is 6.52. The third kappa shape index (κ3) is 4.99. The summed E-state index contributed by atoms with van der Waals surface area (Å²) in [6, 6.07) is 15.7. The summed E-state index contributed by atoms with van der Waals surface area (Å²) in [5.41, 5.74) is 2.42. The Morgan fingerprint density at radius 1 is 1.10 bits per heavy atom. The van der Waals surface area contributed by atoms with Gasteiger partial charge >= 0.3 is 0 Å². The number of hydrogen-bond donors (Lipinski definition) is 1. The van der Waals surface area contributed by atoms with Crippen LogP contribution in [-0.2, 0) is 21.2 Å². The van der Waals surface area contributed by atoms with E-state index in [4.69, 9.17) is 0 Å². The molecule has 1 N–H and O–H groups in total. The van der Waals surface area contributed by atoms with Crippen molar-refractivity contribution in [3.63, 3.8) is 0 Å². The number of aryl methyl sites for hydroxylation is 1. The molecular formula is C20H22N4O3S2. The van der Waals surface area contributed by atoms with Crippen LogP contribution in [0.15, 0.2) is 54.6 Å². The lowest BCUT2D eigenvalue weighted by Gasteiger charge is -2.28. The molecule has 9 heteroatoms. The van der Waals surface area contributed by atoms with Crippen molar-refractivity contribution in [1.82, 2.24) is 10.2 Å². The summed E-state index contributed by atoms with van der Waals surface area (Å²) in [6.07, 6.45) is 1.93. The van der Waals surface area contributed by atoms with Gasteiger partial charge in [0.2, 0.25) is 21.1 Å². The van der Waals surface area contributed by atoms with Crippen molar-refractivity contribution in [2.24, 2.45) is 0 Å². The van der Waals surface area contributed by atoms with Crippen molar-refractivity contribution < 1.29 is 13.2 Å². The molecule has 0 radical (unpaired) electrons. The van der Waals surface area contributed by atoms with Gasteiger partial charge in [-0.25, -0.2) is 8.42 Å². The minimum Gasteiger partial charge on any atom is -0.299 e. The van der Waals surface area contributed by atoms with Gasteiger partial charge in [0.15, 0.2) is 0 Å². The van der Waals surface area contributed by atoms with Gasteiger partial charge in [-0.2, -0.15) is 0 Å². The van der Waals surface area contributed by atoms with Crippen LogP contribution in [0.5, 0.6) is 0 Å². The van der Waals surface area contributed by atoms with Gasteiger partial charge in [0.25, 0.3) is 0 Å². The van der Waals surface area contributed by atoms with Crippen molar-refractivity contribution in [2.75, 3.05) is 15.9 Å². The summed E-state index contributed by atoms with van der Waals surface area (Å²) < 4.78 is 25.9. The number of anilines is 2. The molecule has 1 heterocycles. The highest BCUT2D eigenvalue weighted by Gasteiger charge is 2.29. The number of nitrogens with zero attached hydrogens (tertiary/aromatic N) is 3. The third-order valence-corrected chi connectivity index (χ3v) is 6.49. The van der Waals surface area contributed by atoms with E-state index >= 15 is 0 Å². The summed E-state index contributed by atoms with van der Waals surface area (Å²) in [6.45, 7) is 3.56. The first-order valence-corrected chi connectivity index (χ1v) is 11.7. The van der Waals surface area contributed by atoms with E-state index in [0.717, 1.165) is 28.1 Å². The van der Waals surface area contributed by atoms with Crippen molar-refractivity contribution >= 4 is 38.1 Å². The first-order valence-electron chi connectivity index (χ1n) is 9.07. The van der Waals surface area contributed by atoms with E-state index in [1.807, 2.05) is 49.4 Å². The highest BCUT2D eigenvalue weighted by molar-refractivity contribution is 7.92. The zero-order valence-electron chi connectivity index (χ0n) is 16.4. The van der Waals surface area contributed by atoms with Crippen LogP contribution in [0.1, 0.15) is 19.4 Å². The second-order valence-corrected chi connectivity index (χ2v) is 9.36. The normalized spacial score (nSPS) is 12.4. The Morgan fingerprint density at radius 2 is 1.76 bits per heavy atom. The van der Waals surface area contributed by atoms with Crippen LogP contribution in [0, 0.1) is 0 Å². The van der Waals surface area contributed by atoms with E-state index < -0.39 is 22.0 Å². The van der Waals surface area contributed by atoms with Crippen LogP contribution in [0.2, 0.25) is 0 Å². The molecule has 0 aliphatic carbocycles. The lowest BCUT2D eigenvalue weighted by Crippen LogP contribution is -2.45. The maximum absolute atomic E-state index is 12.8. The monoisotopic (exact) mass is 430 g/mol. The summed E-state index contributed by atoms with van der Waals surface area (Å²) >= 11 is 1.23. The van der Waals surface area contributed by atoms with Gasteiger partial charge < -0.3 is 0 Å². The van der Waals surface area contributed by atoms with Crippen molar-refractivity contribution in [3.05, 3.63) is 60.2 Å². The minimum atomic E-state index is -3.67. The van der Waals surface area contributed by atoms with E-state index in [0.29, 0.717) is 15.8 Å². The quantitative estimate of drug-likeness (QED) is 0.619. The van der Waals surface area contributed by atoms with Crippen LogP contribution in [0.25, 0.3) is 10.6 Å². The Morgan fingerprint density at radius 3 is 2.34 bits per heavy atom. The molecule has 29 heavy (non-hydrogen) atoms. The zero-order chi connectivity index (χ0) is 21.0. The number of benzene rings is 2. The molecule has 152 valence electrons. The highest BCUT2D eigenvalue weighted by Crippen LogP contribution is 2.27. The molecule has 0 unspecified atom stereocenters. The van der Waals surface area contributed by atoms with Crippen LogP contribution in [0.4, 0.5) is 10.8 Å². The molecule has 0 spiro atoms. The topological polar surface area (TPSA) is 92.3 Å². The fourth-order valence-corrected chi connectivity index (χ4v) is 4.80. The van der Waals surface area contributed by atoms with E-state index in [1.165, 1.54) is 11.3 Å². The lowest BCUT2D eigenvalue weighted by molar-refractivity contribution is -0.116. The summed E-state index contributed by atoms with van der Waals surface area (Å²) in [7, 11) is -3.67. The summed E-state index contributed by atoms with van der Waals surface area (Å²) in [4.78, 5) is 12.8. The predicted octanol–water partition coefficient (Wildman–Crippen LogP) is 3.56. The van der Waals surface area contributed by atoms with Crippen molar-refractivity contribution in [1.29, 1.82) is 0 Å². The molecule has 7 nitrogen and oxygen atoms in total. The number of aromatic nitrogens is 2. The molecule has 0 aliphatic rings. The Hall–Kier alpha value is -2.78. The Balaban J connectivity index is 1.80. The van der Waals surface area contributed by atoms with Gasteiger partial charge in [-0.15, -0.1) is 10.2 Å². The average molecular weight is 431 g/mol. The fraction of sp³-hybridized carbons (Fsp3) is 0.250. The first-order chi connectivity index (χ1) is 13.8. The van der Waals surface area contributed by atoms with Gasteiger partial charge in [-0.1, -0.05) is 60.7 Å². The number of nitrogens with one attached hydrogen (secondary N) is 1. The summed E-state index contributed by atoms with van der Waals surface area (Å²) in [5, 5.41) is 11.8. The number of carbonyl (C=O) groups excluding carboxylic acids is 1. The smallest absolute Gasteiger partial charge is 0.249 e. The molecule has 0 aliphatic heterocycles. The molecule has 0 fully saturated rings. The second kappa shape index (κ2) is 8.71. The zero-order valence-corrected chi connectivity index (χ0v) is 18.0. The van der Waals surface area contributed by atoms with Gasteiger partial charge in [-0.3, -0.25) is 14.4 Å². The Kier molecular flexibility index (Phi) is 6.29. The Labute approximate surface area is 174 Å². The first kappa shape index (κ1) is 20.9. The third-order valence-electron chi connectivity index (χ3n) is 4.36. The molecular weight excluding hydrogens is 408 g/mol. The minimum absolute atomic E-state index is 0.315. The molecule has 1 aromatic heterocycles. The van der Waals surface area contributed by atoms with Crippen LogP contribution in [0.3, 0.4) is 0 Å². The molecule has 3 aromatic rings. The molecule has 0 saturated heterocycles. The number of carbonyl (C=O) groups is 1. The van der Waals surface area contributed by atoms with Crippen molar-refractivity contribution in [3.8, 4) is 10.6 Å². The number of sulfonamides is 1. The van der Waals surface area contributed by atoms with E-state index in [2.05, 4.69) is 15.5 Å². The van der Waals surface area contributed by atoms with Gasteiger partial charge in [0.1, 0.15) is 11.0 Å². The van der Waals surface area contributed by atoms with E-state index in [-0.39, 0.29) is 0 Å². The van der Waals surface area contributed by atoms with E-state index in [9.17, 15) is 13.2 Å². The summed E-state index contributed by atoms with van der Waals surface area (Å²) in [5.74, 6) is -0.481. The molecule has 1 amide bonds. The molecule has 1 atom stereocenters. The molecule has 3 rings (SSSR count). The van der Waals surface area contributed by atoms with Crippen LogP contribution < -0.4 is 9.62 Å². The largest absolute Gasteiger partial charge is 0.299 e. The Bertz CT molecular complexity index is 1080. The molecule has 2 aromatic carbocycles. The fourth-order valence-electron chi connectivity index (χ4n) is 2.87. The van der Waals surface area contributed by atoms with Crippen LogP contribution in [-0.4, -0.2) is 36.8 Å². The molecule has 0 saturated carbocycles. The SMILES string of the molecule is CCc1ccc(N([C@H](C)C(=O)Nc2nnc(-c3ccccc3)s2)S(C)(=O)=O)cc1. The lowest BCUT2D eigenvalue weighted by atomic mass is 10.1. The van der Waals surface area contributed by atoms with Crippen LogP contribution >= 0.6 is 11.3 Å². The number of rotatable bonds is 7. The maximum Gasteiger partial charge on any atom is 0.249 e. The van der Waals surface area contributed by atoms with Gasteiger partial charge in [0.05, 0.1) is 11.9 Å².